The van der Waals surface area contributed by atoms with Crippen molar-refractivity contribution in [2.45, 2.75) is 38.7 Å². The topological polar surface area (TPSA) is 9.23 Å². The minimum Gasteiger partial charge on any atom is -0.374 e. The monoisotopic (exact) mass is 152 g/mol. The molecule has 1 fully saturated rings. The van der Waals surface area contributed by atoms with E-state index in [4.69, 9.17) is 4.74 Å². The van der Waals surface area contributed by atoms with Gasteiger partial charge in [0.25, 0.3) is 0 Å². The molecule has 0 N–H and O–H groups in total. The van der Waals surface area contributed by atoms with Gasteiger partial charge in [-0.2, -0.15) is 0 Å². The maximum atomic E-state index is 5.66. The smallest absolute Gasteiger partial charge is 0.0654 e. The van der Waals surface area contributed by atoms with Crippen LogP contribution in [0.2, 0.25) is 0 Å². The average molecular weight is 152 g/mol. The molecule has 62 valence electrons. The van der Waals surface area contributed by atoms with Crippen molar-refractivity contribution in [2.75, 3.05) is 6.61 Å². The van der Waals surface area contributed by atoms with E-state index >= 15 is 0 Å². The fourth-order valence-corrected chi connectivity index (χ4v) is 2.37. The molecule has 0 saturated heterocycles. The van der Waals surface area contributed by atoms with E-state index in [9.17, 15) is 0 Å². The molecule has 1 heterocycles. The van der Waals surface area contributed by atoms with Gasteiger partial charge in [-0.05, 0) is 25.7 Å². The molecular weight excluding hydrogens is 136 g/mol. The highest BCUT2D eigenvalue weighted by Gasteiger charge is 2.30. The summed E-state index contributed by atoms with van der Waals surface area (Å²) in [4.78, 5) is 0. The van der Waals surface area contributed by atoms with Gasteiger partial charge in [0.05, 0.1) is 12.7 Å². The van der Waals surface area contributed by atoms with Gasteiger partial charge < -0.3 is 4.74 Å². The number of fused-ring (bicyclic) bond motifs is 1. The Morgan fingerprint density at radius 1 is 1.64 bits per heavy atom. The van der Waals surface area contributed by atoms with E-state index in [0.29, 0.717) is 6.10 Å². The van der Waals surface area contributed by atoms with E-state index in [1.54, 1.807) is 5.57 Å². The molecule has 1 heteroatoms. The Balaban J connectivity index is 2.12. The van der Waals surface area contributed by atoms with Gasteiger partial charge in [-0.3, -0.25) is 0 Å². The SMILES string of the molecule is CC[C@@H]1OCC=C2CCC[C@@H]21. The summed E-state index contributed by atoms with van der Waals surface area (Å²) in [6.45, 7) is 3.09. The van der Waals surface area contributed by atoms with Gasteiger partial charge in [0.1, 0.15) is 0 Å². The van der Waals surface area contributed by atoms with Crippen molar-refractivity contribution in [3.05, 3.63) is 11.6 Å². The van der Waals surface area contributed by atoms with Crippen molar-refractivity contribution in [2.24, 2.45) is 5.92 Å². The van der Waals surface area contributed by atoms with Crippen molar-refractivity contribution in [1.29, 1.82) is 0 Å². The minimum atomic E-state index is 0.539. The van der Waals surface area contributed by atoms with Crippen molar-refractivity contribution in [3.63, 3.8) is 0 Å². The number of ether oxygens (including phenoxy) is 1. The molecule has 1 aliphatic heterocycles. The summed E-state index contributed by atoms with van der Waals surface area (Å²) in [5.41, 5.74) is 1.68. The van der Waals surface area contributed by atoms with Crippen LogP contribution in [-0.4, -0.2) is 12.7 Å². The zero-order chi connectivity index (χ0) is 7.68. The molecule has 0 radical (unpaired) electrons. The Labute approximate surface area is 68.4 Å². The molecule has 0 spiro atoms. The van der Waals surface area contributed by atoms with Gasteiger partial charge in [0, 0.05) is 5.92 Å². The first-order valence-corrected chi connectivity index (χ1v) is 4.72. The standard InChI is InChI=1S/C10H16O/c1-2-10-9-5-3-4-8(9)6-7-11-10/h6,9-10H,2-5,7H2,1H3/t9-,10-/m0/s1. The largest absolute Gasteiger partial charge is 0.374 e. The summed E-state index contributed by atoms with van der Waals surface area (Å²) in [7, 11) is 0. The fourth-order valence-electron chi connectivity index (χ4n) is 2.37. The molecule has 1 saturated carbocycles. The van der Waals surface area contributed by atoms with Crippen molar-refractivity contribution in [3.8, 4) is 0 Å². The molecule has 0 aromatic carbocycles. The predicted octanol–water partition coefficient (Wildman–Crippen LogP) is 2.52. The maximum Gasteiger partial charge on any atom is 0.0654 e. The van der Waals surface area contributed by atoms with Gasteiger partial charge in [0.15, 0.2) is 0 Å². The fraction of sp³-hybridized carbons (Fsp3) is 0.800. The summed E-state index contributed by atoms with van der Waals surface area (Å²) in [6.07, 6.45) is 8.11. The normalized spacial score (nSPS) is 36.6. The van der Waals surface area contributed by atoms with Crippen LogP contribution in [0.15, 0.2) is 11.6 Å². The second-order valence-corrected chi connectivity index (χ2v) is 3.56. The maximum absolute atomic E-state index is 5.66. The molecule has 1 aliphatic carbocycles. The Morgan fingerprint density at radius 3 is 3.36 bits per heavy atom. The van der Waals surface area contributed by atoms with Crippen LogP contribution >= 0.6 is 0 Å². The van der Waals surface area contributed by atoms with Crippen LogP contribution in [0.4, 0.5) is 0 Å². The van der Waals surface area contributed by atoms with Crippen LogP contribution in [0.3, 0.4) is 0 Å². The highest BCUT2D eigenvalue weighted by Crippen LogP contribution is 2.37. The molecule has 0 amide bonds. The summed E-state index contributed by atoms with van der Waals surface area (Å²) >= 11 is 0. The van der Waals surface area contributed by atoms with Gasteiger partial charge >= 0.3 is 0 Å². The molecule has 2 aliphatic rings. The third kappa shape index (κ3) is 1.22. The lowest BCUT2D eigenvalue weighted by atomic mass is 9.92. The second-order valence-electron chi connectivity index (χ2n) is 3.56. The third-order valence-corrected chi connectivity index (χ3v) is 2.96. The first kappa shape index (κ1) is 7.35. The van der Waals surface area contributed by atoms with E-state index in [0.717, 1.165) is 12.5 Å². The third-order valence-electron chi connectivity index (χ3n) is 2.96. The predicted molar refractivity (Wildman–Crippen MR) is 45.5 cm³/mol. The van der Waals surface area contributed by atoms with Crippen LogP contribution in [0, 0.1) is 5.92 Å². The zero-order valence-corrected chi connectivity index (χ0v) is 7.18. The van der Waals surface area contributed by atoms with E-state index in [-0.39, 0.29) is 0 Å². The van der Waals surface area contributed by atoms with Crippen LogP contribution < -0.4 is 0 Å². The molecule has 1 nitrogen and oxygen atoms in total. The van der Waals surface area contributed by atoms with Gasteiger partial charge in [-0.1, -0.05) is 18.6 Å². The molecule has 0 unspecified atom stereocenters. The van der Waals surface area contributed by atoms with Crippen LogP contribution in [0.1, 0.15) is 32.6 Å². The van der Waals surface area contributed by atoms with Gasteiger partial charge in [-0.15, -0.1) is 0 Å². The minimum absolute atomic E-state index is 0.539. The van der Waals surface area contributed by atoms with E-state index < -0.39 is 0 Å². The van der Waals surface area contributed by atoms with E-state index in [1.807, 2.05) is 0 Å². The molecular formula is C10H16O. The summed E-state index contributed by atoms with van der Waals surface area (Å²) < 4.78 is 5.66. The second kappa shape index (κ2) is 2.98. The zero-order valence-electron chi connectivity index (χ0n) is 7.18. The summed E-state index contributed by atoms with van der Waals surface area (Å²) in [6, 6.07) is 0. The highest BCUT2D eigenvalue weighted by atomic mass is 16.5. The summed E-state index contributed by atoms with van der Waals surface area (Å²) in [5, 5.41) is 0. The first-order valence-electron chi connectivity index (χ1n) is 4.72. The Morgan fingerprint density at radius 2 is 2.55 bits per heavy atom. The highest BCUT2D eigenvalue weighted by molar-refractivity contribution is 5.15. The number of hydrogen-bond acceptors (Lipinski definition) is 1. The number of hydrogen-bond donors (Lipinski definition) is 0. The van der Waals surface area contributed by atoms with Crippen molar-refractivity contribution in [1.82, 2.24) is 0 Å². The van der Waals surface area contributed by atoms with Crippen molar-refractivity contribution >= 4 is 0 Å². The number of rotatable bonds is 1. The molecule has 2 atom stereocenters. The first-order chi connectivity index (χ1) is 5.42. The van der Waals surface area contributed by atoms with Crippen LogP contribution in [-0.2, 0) is 4.74 Å². The molecule has 11 heavy (non-hydrogen) atoms. The Hall–Kier alpha value is -0.300. The van der Waals surface area contributed by atoms with Crippen LogP contribution in [0.25, 0.3) is 0 Å². The lowest BCUT2D eigenvalue weighted by Gasteiger charge is -2.27. The molecule has 0 bridgehead atoms. The molecule has 2 rings (SSSR count). The lowest BCUT2D eigenvalue weighted by molar-refractivity contribution is 0.0282. The molecule has 0 aromatic rings. The molecule has 0 aromatic heterocycles. The van der Waals surface area contributed by atoms with Crippen molar-refractivity contribution < 1.29 is 4.74 Å². The summed E-state index contributed by atoms with van der Waals surface area (Å²) in [5.74, 6) is 0.786. The van der Waals surface area contributed by atoms with E-state index in [2.05, 4.69) is 13.0 Å². The van der Waals surface area contributed by atoms with Gasteiger partial charge in [-0.25, -0.2) is 0 Å². The van der Waals surface area contributed by atoms with Gasteiger partial charge in [0.2, 0.25) is 0 Å². The van der Waals surface area contributed by atoms with Crippen LogP contribution in [0.5, 0.6) is 0 Å². The van der Waals surface area contributed by atoms with E-state index in [1.165, 1.54) is 25.7 Å². The Kier molecular flexibility index (Phi) is 1.99. The lowest BCUT2D eigenvalue weighted by Crippen LogP contribution is -2.26. The quantitative estimate of drug-likeness (QED) is 0.525. The average Bonchev–Trinajstić information content (AvgIpc) is 2.50. The Bertz CT molecular complexity index is 172.